The molecule has 4 heterocycles. The maximum absolute atomic E-state index is 2.44. The van der Waals surface area contributed by atoms with Gasteiger partial charge in [0.25, 0.3) is 0 Å². The lowest BCUT2D eigenvalue weighted by Gasteiger charge is -2.07. The second kappa shape index (κ2) is 10.2. The average molecular weight is 705 g/mol. The van der Waals surface area contributed by atoms with Crippen molar-refractivity contribution in [3.63, 3.8) is 0 Å². The van der Waals surface area contributed by atoms with Gasteiger partial charge in [0.05, 0.1) is 9.40 Å². The monoisotopic (exact) mass is 704 g/mol. The van der Waals surface area contributed by atoms with Crippen LogP contribution in [0, 0.1) is 0 Å². The van der Waals surface area contributed by atoms with E-state index in [2.05, 4.69) is 146 Å². The van der Waals surface area contributed by atoms with E-state index in [0.717, 1.165) is 0 Å². The third-order valence-corrected chi connectivity index (χ3v) is 15.2. The van der Waals surface area contributed by atoms with Gasteiger partial charge in [-0.2, -0.15) is 0 Å². The number of hydrogen-bond acceptors (Lipinski definition) is 4. The summed E-state index contributed by atoms with van der Waals surface area (Å²) in [5.41, 5.74) is 5.21. The van der Waals surface area contributed by atoms with Crippen LogP contribution >= 0.6 is 45.3 Å². The molecule has 0 aliphatic heterocycles. The molecule has 232 valence electrons. The number of rotatable bonds is 2. The molecule has 0 fully saturated rings. The molecule has 8 aromatic carbocycles. The summed E-state index contributed by atoms with van der Waals surface area (Å²) < 4.78 is 10.9. The maximum atomic E-state index is 2.44. The molecule has 4 aromatic heterocycles. The third kappa shape index (κ3) is 3.74. The van der Waals surface area contributed by atoms with E-state index < -0.39 is 0 Å². The zero-order valence-corrected chi connectivity index (χ0v) is 29.8. The Labute approximate surface area is 302 Å². The summed E-state index contributed by atoms with van der Waals surface area (Å²) in [6, 6.07) is 54.6. The van der Waals surface area contributed by atoms with Gasteiger partial charge in [0.2, 0.25) is 0 Å². The fraction of sp³-hybridized carbons (Fsp3) is 0. The Hall–Kier alpha value is -5.10. The second-order valence-corrected chi connectivity index (χ2v) is 17.4. The smallest absolute Gasteiger partial charge is 0.0540 e. The van der Waals surface area contributed by atoms with E-state index in [0.29, 0.717) is 0 Å². The summed E-state index contributed by atoms with van der Waals surface area (Å²) in [6.45, 7) is 0. The van der Waals surface area contributed by atoms with E-state index in [1.807, 2.05) is 45.3 Å². The molecule has 0 aliphatic rings. The minimum absolute atomic E-state index is 1.29. The molecule has 0 atom stereocenters. The van der Waals surface area contributed by atoms with Crippen molar-refractivity contribution in [2.45, 2.75) is 0 Å². The molecule has 0 unspecified atom stereocenters. The summed E-state index contributed by atoms with van der Waals surface area (Å²) in [6.07, 6.45) is 0. The van der Waals surface area contributed by atoms with Crippen LogP contribution in [0.5, 0.6) is 0 Å². The standard InChI is InChI=1S/C46H24S4/c1-2-10-30-29(9-1)43-33-21-19-25(27-13-7-17-37-41(27)31-11-3-5-15-35(31)47-37)23-39(33)49-45(43)46-44(30)34-22-20-26(24-40(34)50-46)28-14-8-18-38-42(28)32-12-4-6-16-36(32)48-38/h1-24H. The zero-order chi connectivity index (χ0) is 32.5. The molecule has 0 bridgehead atoms. The molecule has 0 spiro atoms. The van der Waals surface area contributed by atoms with Crippen molar-refractivity contribution in [2.24, 2.45) is 0 Å². The van der Waals surface area contributed by atoms with Crippen LogP contribution in [0.25, 0.3) is 114 Å². The van der Waals surface area contributed by atoms with E-state index in [1.165, 1.54) is 114 Å². The van der Waals surface area contributed by atoms with Crippen LogP contribution in [0.4, 0.5) is 0 Å². The Bertz CT molecular complexity index is 3160. The van der Waals surface area contributed by atoms with Gasteiger partial charge in [0.1, 0.15) is 0 Å². The van der Waals surface area contributed by atoms with Crippen molar-refractivity contribution in [1.29, 1.82) is 0 Å². The number of thiophene rings is 4. The van der Waals surface area contributed by atoms with Crippen LogP contribution in [0.15, 0.2) is 146 Å². The maximum Gasteiger partial charge on any atom is 0.0540 e. The lowest BCUT2D eigenvalue weighted by atomic mass is 9.95. The Balaban J connectivity index is 1.12. The first-order valence-electron chi connectivity index (χ1n) is 16.8. The van der Waals surface area contributed by atoms with Crippen molar-refractivity contribution in [1.82, 2.24) is 0 Å². The molecule has 0 saturated carbocycles. The molecule has 0 nitrogen and oxygen atoms in total. The summed E-state index contributed by atoms with van der Waals surface area (Å²) in [5, 5.41) is 13.6. The topological polar surface area (TPSA) is 0 Å². The molecular formula is C46H24S4. The lowest BCUT2D eigenvalue weighted by molar-refractivity contribution is 1.74. The minimum atomic E-state index is 1.29. The zero-order valence-electron chi connectivity index (χ0n) is 26.5. The largest absolute Gasteiger partial charge is 0.135 e. The normalized spacial score (nSPS) is 12.4. The lowest BCUT2D eigenvalue weighted by Crippen LogP contribution is -1.80. The van der Waals surface area contributed by atoms with Gasteiger partial charge in [-0.05, 0) is 69.4 Å². The molecule has 0 aliphatic carbocycles. The fourth-order valence-electron chi connectivity index (χ4n) is 8.33. The minimum Gasteiger partial charge on any atom is -0.135 e. The molecule has 0 amide bonds. The number of fused-ring (bicyclic) bond motifs is 16. The van der Waals surface area contributed by atoms with Crippen LogP contribution in [-0.2, 0) is 0 Å². The first kappa shape index (κ1) is 27.7. The van der Waals surface area contributed by atoms with E-state index >= 15 is 0 Å². The predicted octanol–water partition coefficient (Wildman–Crippen LogP) is 15.6. The van der Waals surface area contributed by atoms with Crippen molar-refractivity contribution in [3.8, 4) is 22.3 Å². The summed E-state index contributed by atoms with van der Waals surface area (Å²) in [4.78, 5) is 0. The molecule has 12 aromatic rings. The Morgan fingerprint density at radius 3 is 1.14 bits per heavy atom. The van der Waals surface area contributed by atoms with Gasteiger partial charge in [-0.15, -0.1) is 45.3 Å². The quantitative estimate of drug-likeness (QED) is 0.168. The summed E-state index contributed by atoms with van der Waals surface area (Å²) >= 11 is 7.70. The van der Waals surface area contributed by atoms with Crippen LogP contribution < -0.4 is 0 Å². The first-order chi connectivity index (χ1) is 24.8. The molecule has 12 rings (SSSR count). The highest BCUT2D eigenvalue weighted by Crippen LogP contribution is 2.51. The van der Waals surface area contributed by atoms with E-state index in [1.54, 1.807) is 0 Å². The van der Waals surface area contributed by atoms with Crippen LogP contribution in [0.3, 0.4) is 0 Å². The van der Waals surface area contributed by atoms with Crippen LogP contribution in [0.2, 0.25) is 0 Å². The van der Waals surface area contributed by atoms with Crippen molar-refractivity contribution in [3.05, 3.63) is 146 Å². The molecular weight excluding hydrogens is 681 g/mol. The summed E-state index contributed by atoms with van der Waals surface area (Å²) in [7, 11) is 0. The molecule has 50 heavy (non-hydrogen) atoms. The van der Waals surface area contributed by atoms with Gasteiger partial charge < -0.3 is 0 Å². The molecule has 4 heteroatoms. The van der Waals surface area contributed by atoms with Crippen LogP contribution in [0.1, 0.15) is 0 Å². The van der Waals surface area contributed by atoms with E-state index in [4.69, 9.17) is 0 Å². The highest BCUT2D eigenvalue weighted by atomic mass is 32.1. The van der Waals surface area contributed by atoms with Crippen molar-refractivity contribution >= 4 is 137 Å². The van der Waals surface area contributed by atoms with Gasteiger partial charge in [-0.3, -0.25) is 0 Å². The number of benzene rings is 8. The Morgan fingerprint density at radius 1 is 0.260 bits per heavy atom. The van der Waals surface area contributed by atoms with Gasteiger partial charge in [-0.1, -0.05) is 109 Å². The highest BCUT2D eigenvalue weighted by Gasteiger charge is 2.20. The molecule has 0 N–H and O–H groups in total. The SMILES string of the molecule is c1ccc2c(c1)sc1cccc(-c3ccc4c(c3)sc3c5sc6cc(-c7cccc8sc9ccccc9c78)ccc6c5c5ccccc5c43)c12. The predicted molar refractivity (Wildman–Crippen MR) is 226 cm³/mol. The van der Waals surface area contributed by atoms with Crippen molar-refractivity contribution < 1.29 is 0 Å². The Kier molecular flexibility index (Phi) is 5.66. The van der Waals surface area contributed by atoms with Gasteiger partial charge in [0.15, 0.2) is 0 Å². The fourth-order valence-corrected chi connectivity index (χ4v) is 13.3. The highest BCUT2D eigenvalue weighted by molar-refractivity contribution is 7.34. The van der Waals surface area contributed by atoms with Gasteiger partial charge >= 0.3 is 0 Å². The molecule has 0 radical (unpaired) electrons. The average Bonchev–Trinajstić information content (AvgIpc) is 3.94. The van der Waals surface area contributed by atoms with Gasteiger partial charge in [-0.25, -0.2) is 0 Å². The second-order valence-electron chi connectivity index (χ2n) is 13.1. The van der Waals surface area contributed by atoms with Gasteiger partial charge in [0, 0.05) is 71.3 Å². The summed E-state index contributed by atoms with van der Waals surface area (Å²) in [5.74, 6) is 0. The van der Waals surface area contributed by atoms with E-state index in [9.17, 15) is 0 Å². The van der Waals surface area contributed by atoms with Crippen LogP contribution in [-0.4, -0.2) is 0 Å². The molecule has 0 saturated heterocycles. The van der Waals surface area contributed by atoms with E-state index in [-0.39, 0.29) is 0 Å². The number of hydrogen-bond donors (Lipinski definition) is 0. The Morgan fingerprint density at radius 2 is 0.660 bits per heavy atom. The van der Waals surface area contributed by atoms with Crippen molar-refractivity contribution in [2.75, 3.05) is 0 Å². The third-order valence-electron chi connectivity index (χ3n) is 10.5. The first-order valence-corrected chi connectivity index (χ1v) is 20.1.